The molecule has 2 heterocycles. The quantitative estimate of drug-likeness (QED) is 0.482. The molecule has 0 radical (unpaired) electrons. The number of hydrogen-bond donors (Lipinski definition) is 0. The van der Waals surface area contributed by atoms with Crippen LogP contribution in [0.25, 0.3) is 11.3 Å². The van der Waals surface area contributed by atoms with Crippen molar-refractivity contribution in [2.45, 2.75) is 31.8 Å². The summed E-state index contributed by atoms with van der Waals surface area (Å²) in [6.45, 7) is 1.41. The Bertz CT molecular complexity index is 1070. The second kappa shape index (κ2) is 11.1. The number of ether oxygens (including phenoxy) is 2. The number of hydrogen-bond acceptors (Lipinski definition) is 6. The molecule has 164 valence electrons. The van der Waals surface area contributed by atoms with E-state index in [2.05, 4.69) is 41.6 Å². The normalized spacial score (nSPS) is 14.1. The molecular weight excluding hydrogens is 418 g/mol. The average molecular weight is 446 g/mol. The van der Waals surface area contributed by atoms with E-state index in [1.807, 2.05) is 36.0 Å². The van der Waals surface area contributed by atoms with E-state index in [4.69, 9.17) is 14.5 Å². The van der Waals surface area contributed by atoms with Crippen LogP contribution >= 0.6 is 11.8 Å². The lowest BCUT2D eigenvalue weighted by Gasteiger charge is -2.23. The fourth-order valence-corrected chi connectivity index (χ4v) is 4.16. The van der Waals surface area contributed by atoms with Gasteiger partial charge in [-0.1, -0.05) is 24.3 Å². The third-order valence-corrected chi connectivity index (χ3v) is 6.16. The Hall–Kier alpha value is -2.88. The van der Waals surface area contributed by atoms with E-state index in [1.54, 1.807) is 6.20 Å². The van der Waals surface area contributed by atoms with Gasteiger partial charge in [-0.05, 0) is 53.8 Å². The smallest absolute Gasteiger partial charge is 0.137 e. The minimum atomic E-state index is 0.0967. The van der Waals surface area contributed by atoms with Crippen LogP contribution in [-0.4, -0.2) is 41.3 Å². The van der Waals surface area contributed by atoms with Gasteiger partial charge in [0.05, 0.1) is 24.5 Å². The summed E-state index contributed by atoms with van der Waals surface area (Å²) >= 11 is 1.86. The first-order chi connectivity index (χ1) is 15.7. The van der Waals surface area contributed by atoms with Crippen LogP contribution in [-0.2, 0) is 17.6 Å². The predicted octanol–water partition coefficient (Wildman–Crippen LogP) is 5.07. The van der Waals surface area contributed by atoms with Gasteiger partial charge in [0, 0.05) is 31.0 Å². The second-order valence-electron chi connectivity index (χ2n) is 7.85. The highest BCUT2D eigenvalue weighted by Crippen LogP contribution is 2.27. The Balaban J connectivity index is 1.48. The van der Waals surface area contributed by atoms with Crippen molar-refractivity contribution in [3.63, 3.8) is 0 Å². The molecule has 3 aromatic rings. The summed E-state index contributed by atoms with van der Waals surface area (Å²) in [5, 5.41) is 9.66. The van der Waals surface area contributed by atoms with Crippen molar-refractivity contribution in [3.05, 3.63) is 77.2 Å². The molecule has 0 atom stereocenters. The van der Waals surface area contributed by atoms with Crippen LogP contribution in [0.15, 0.2) is 54.7 Å². The maximum atomic E-state index is 9.66. The van der Waals surface area contributed by atoms with Gasteiger partial charge in [-0.3, -0.25) is 0 Å². The summed E-state index contributed by atoms with van der Waals surface area (Å²) in [4.78, 5) is 9.20. The molecule has 0 bridgehead atoms. The van der Waals surface area contributed by atoms with Gasteiger partial charge in [0.2, 0.25) is 0 Å². The van der Waals surface area contributed by atoms with Gasteiger partial charge < -0.3 is 9.47 Å². The fraction of sp³-hybridized carbons (Fsp3) is 0.346. The minimum Gasteiger partial charge on any atom is -0.489 e. The highest BCUT2D eigenvalue weighted by molar-refractivity contribution is 7.98. The maximum absolute atomic E-state index is 9.66. The standard InChI is InChI=1S/C26H27N3O2S/c1-32-15-11-19-2-4-20(5-3-19)16-26-28-12-8-24(29-26)21-6-7-25(22(17-21)18-27)31-23-9-13-30-14-10-23/h2-8,12,17,23H,9-11,13-16H2,1H3. The Morgan fingerprint density at radius 2 is 1.88 bits per heavy atom. The molecule has 1 aliphatic heterocycles. The predicted molar refractivity (Wildman–Crippen MR) is 128 cm³/mol. The number of nitrogens with zero attached hydrogens (tertiary/aromatic N) is 3. The number of thioether (sulfide) groups is 1. The van der Waals surface area contributed by atoms with Gasteiger partial charge >= 0.3 is 0 Å². The van der Waals surface area contributed by atoms with Crippen LogP contribution < -0.4 is 4.74 Å². The summed E-state index contributed by atoms with van der Waals surface area (Å²) in [5.41, 5.74) is 4.76. The summed E-state index contributed by atoms with van der Waals surface area (Å²) in [5.74, 6) is 2.52. The average Bonchev–Trinajstić information content (AvgIpc) is 2.85. The van der Waals surface area contributed by atoms with E-state index in [9.17, 15) is 5.26 Å². The summed E-state index contributed by atoms with van der Waals surface area (Å²) in [7, 11) is 0. The Kier molecular flexibility index (Phi) is 7.76. The van der Waals surface area contributed by atoms with Crippen LogP contribution in [0.3, 0.4) is 0 Å². The molecule has 0 unspecified atom stereocenters. The molecule has 2 aromatic carbocycles. The van der Waals surface area contributed by atoms with Crippen molar-refractivity contribution < 1.29 is 9.47 Å². The molecule has 1 fully saturated rings. The first-order valence-corrected chi connectivity index (χ1v) is 12.3. The second-order valence-corrected chi connectivity index (χ2v) is 8.83. The highest BCUT2D eigenvalue weighted by atomic mass is 32.2. The summed E-state index contributed by atoms with van der Waals surface area (Å²) in [6, 6.07) is 18.5. The molecule has 32 heavy (non-hydrogen) atoms. The highest BCUT2D eigenvalue weighted by Gasteiger charge is 2.17. The SMILES string of the molecule is CSCCc1ccc(Cc2nccc(-c3ccc(OC4CCOCC4)c(C#N)c3)n2)cc1. The molecular formula is C26H27N3O2S. The zero-order valence-corrected chi connectivity index (χ0v) is 19.1. The van der Waals surface area contributed by atoms with Crippen LogP contribution in [0, 0.1) is 11.3 Å². The summed E-state index contributed by atoms with van der Waals surface area (Å²) < 4.78 is 11.5. The fourth-order valence-electron chi connectivity index (χ4n) is 3.72. The molecule has 6 heteroatoms. The zero-order valence-electron chi connectivity index (χ0n) is 18.3. The number of aryl methyl sites for hydroxylation is 1. The van der Waals surface area contributed by atoms with Crippen molar-refractivity contribution in [1.82, 2.24) is 9.97 Å². The number of nitriles is 1. The Morgan fingerprint density at radius 3 is 2.62 bits per heavy atom. The molecule has 0 aliphatic carbocycles. The molecule has 0 N–H and O–H groups in total. The molecule has 5 nitrogen and oxygen atoms in total. The van der Waals surface area contributed by atoms with Crippen LogP contribution in [0.4, 0.5) is 0 Å². The van der Waals surface area contributed by atoms with Gasteiger partial charge in [-0.2, -0.15) is 17.0 Å². The van der Waals surface area contributed by atoms with Gasteiger partial charge in [-0.25, -0.2) is 9.97 Å². The summed E-state index contributed by atoms with van der Waals surface area (Å²) in [6.07, 6.45) is 7.46. The van der Waals surface area contributed by atoms with E-state index in [0.717, 1.165) is 42.1 Å². The van der Waals surface area contributed by atoms with Crippen molar-refractivity contribution in [2.24, 2.45) is 0 Å². The first-order valence-electron chi connectivity index (χ1n) is 10.9. The van der Waals surface area contributed by atoms with Crippen molar-refractivity contribution in [2.75, 3.05) is 25.2 Å². The van der Waals surface area contributed by atoms with Gasteiger partial charge in [0.25, 0.3) is 0 Å². The molecule has 1 aliphatic rings. The lowest BCUT2D eigenvalue weighted by atomic mass is 10.1. The zero-order chi connectivity index (χ0) is 22.2. The van der Waals surface area contributed by atoms with E-state index in [-0.39, 0.29) is 6.10 Å². The molecule has 0 saturated carbocycles. The van der Waals surface area contributed by atoms with E-state index in [1.165, 1.54) is 11.1 Å². The Morgan fingerprint density at radius 1 is 1.09 bits per heavy atom. The lowest BCUT2D eigenvalue weighted by Crippen LogP contribution is -2.26. The monoisotopic (exact) mass is 445 g/mol. The van der Waals surface area contributed by atoms with Crippen molar-refractivity contribution in [1.29, 1.82) is 5.26 Å². The molecule has 1 aromatic heterocycles. The number of aromatic nitrogens is 2. The van der Waals surface area contributed by atoms with E-state index >= 15 is 0 Å². The van der Waals surface area contributed by atoms with Crippen molar-refractivity contribution in [3.8, 4) is 23.1 Å². The third-order valence-electron chi connectivity index (χ3n) is 5.54. The Labute approximate surface area is 193 Å². The molecule has 1 saturated heterocycles. The van der Waals surface area contributed by atoms with E-state index in [0.29, 0.717) is 30.9 Å². The van der Waals surface area contributed by atoms with Crippen LogP contribution in [0.2, 0.25) is 0 Å². The third kappa shape index (κ3) is 5.87. The molecule has 0 spiro atoms. The van der Waals surface area contributed by atoms with Crippen LogP contribution in [0.5, 0.6) is 5.75 Å². The lowest BCUT2D eigenvalue weighted by molar-refractivity contribution is 0.0254. The van der Waals surface area contributed by atoms with Gasteiger partial charge in [-0.15, -0.1) is 0 Å². The topological polar surface area (TPSA) is 68.0 Å². The van der Waals surface area contributed by atoms with Gasteiger partial charge in [0.15, 0.2) is 0 Å². The van der Waals surface area contributed by atoms with Gasteiger partial charge in [0.1, 0.15) is 23.7 Å². The molecule has 4 rings (SSSR count). The first kappa shape index (κ1) is 22.3. The minimum absolute atomic E-state index is 0.0967. The van der Waals surface area contributed by atoms with Crippen molar-refractivity contribution >= 4 is 11.8 Å². The maximum Gasteiger partial charge on any atom is 0.137 e. The number of rotatable bonds is 8. The number of benzene rings is 2. The van der Waals surface area contributed by atoms with Crippen LogP contribution in [0.1, 0.15) is 35.4 Å². The van der Waals surface area contributed by atoms with E-state index < -0.39 is 0 Å². The molecule has 0 amide bonds. The largest absolute Gasteiger partial charge is 0.489 e.